The highest BCUT2D eigenvalue weighted by Crippen LogP contribution is 2.19. The summed E-state index contributed by atoms with van der Waals surface area (Å²) in [6.07, 6.45) is 3.04. The summed E-state index contributed by atoms with van der Waals surface area (Å²) in [5.41, 5.74) is -0.577. The molecule has 1 saturated heterocycles. The van der Waals surface area contributed by atoms with Crippen LogP contribution in [0.3, 0.4) is 0 Å². The Balaban J connectivity index is 2.42. The highest BCUT2D eigenvalue weighted by molar-refractivity contribution is 5.84. The third kappa shape index (κ3) is 3.63. The Labute approximate surface area is 90.8 Å². The Bertz CT molecular complexity index is 233. The summed E-state index contributed by atoms with van der Waals surface area (Å²) in [4.78, 5) is 22.3. The average molecular weight is 212 g/mol. The van der Waals surface area contributed by atoms with Gasteiger partial charge < -0.3 is 15.4 Å². The molecule has 0 aromatic rings. The summed E-state index contributed by atoms with van der Waals surface area (Å²) in [6, 6.07) is 0.268. The van der Waals surface area contributed by atoms with Crippen LogP contribution in [0.2, 0.25) is 0 Å². The molecular weight excluding hydrogens is 192 g/mol. The van der Waals surface area contributed by atoms with E-state index < -0.39 is 5.41 Å². The molecule has 0 atom stereocenters. The molecule has 4 nitrogen and oxygen atoms in total. The molecule has 0 aromatic carbocycles. The summed E-state index contributed by atoms with van der Waals surface area (Å²) in [7, 11) is 0. The number of rotatable bonds is 4. The van der Waals surface area contributed by atoms with Gasteiger partial charge in [-0.15, -0.1) is 0 Å². The highest BCUT2D eigenvalue weighted by atomic mass is 16.2. The molecule has 0 aromatic heterocycles. The number of carbonyl (C=O) groups excluding carboxylic acids is 2. The summed E-state index contributed by atoms with van der Waals surface area (Å²) in [6.45, 7) is 5.52. The molecule has 15 heavy (non-hydrogen) atoms. The van der Waals surface area contributed by atoms with E-state index in [4.69, 9.17) is 0 Å². The topological polar surface area (TPSA) is 58.2 Å². The largest absolute Gasteiger partial charge is 0.353 e. The van der Waals surface area contributed by atoms with Crippen molar-refractivity contribution in [2.75, 3.05) is 13.1 Å². The molecule has 1 rings (SSSR count). The smallest absolute Gasteiger partial charge is 0.226 e. The van der Waals surface area contributed by atoms with E-state index in [0.717, 1.165) is 32.2 Å². The first kappa shape index (κ1) is 12.2. The lowest BCUT2D eigenvalue weighted by Crippen LogP contribution is -2.47. The van der Waals surface area contributed by atoms with Gasteiger partial charge in [-0.2, -0.15) is 0 Å². The maximum Gasteiger partial charge on any atom is 0.226 e. The minimum atomic E-state index is -0.577. The Morgan fingerprint density at radius 3 is 2.60 bits per heavy atom. The monoisotopic (exact) mass is 212 g/mol. The van der Waals surface area contributed by atoms with Crippen LogP contribution in [0.15, 0.2) is 0 Å². The van der Waals surface area contributed by atoms with Crippen LogP contribution in [0, 0.1) is 5.41 Å². The average Bonchev–Trinajstić information content (AvgIpc) is 2.19. The number of piperidine rings is 1. The van der Waals surface area contributed by atoms with Crippen LogP contribution in [0.1, 0.15) is 33.1 Å². The van der Waals surface area contributed by atoms with Gasteiger partial charge in [-0.1, -0.05) is 13.8 Å². The van der Waals surface area contributed by atoms with Gasteiger partial charge in [-0.25, -0.2) is 0 Å². The highest BCUT2D eigenvalue weighted by Gasteiger charge is 2.29. The zero-order valence-corrected chi connectivity index (χ0v) is 9.51. The number of carbonyl (C=O) groups is 2. The third-order valence-electron chi connectivity index (χ3n) is 2.88. The molecular formula is C11H20N2O2. The van der Waals surface area contributed by atoms with Crippen molar-refractivity contribution in [3.8, 4) is 0 Å². The van der Waals surface area contributed by atoms with Crippen molar-refractivity contribution < 1.29 is 9.59 Å². The van der Waals surface area contributed by atoms with Gasteiger partial charge in [0, 0.05) is 12.5 Å². The Hall–Kier alpha value is -0.900. The maximum absolute atomic E-state index is 11.8. The van der Waals surface area contributed by atoms with Crippen LogP contribution < -0.4 is 10.6 Å². The minimum absolute atomic E-state index is 0.0125. The van der Waals surface area contributed by atoms with Crippen molar-refractivity contribution in [2.45, 2.75) is 39.2 Å². The summed E-state index contributed by atoms with van der Waals surface area (Å²) in [5, 5.41) is 6.25. The Morgan fingerprint density at radius 1 is 1.47 bits per heavy atom. The van der Waals surface area contributed by atoms with Gasteiger partial charge in [0.1, 0.15) is 6.29 Å². The van der Waals surface area contributed by atoms with Gasteiger partial charge in [0.25, 0.3) is 0 Å². The van der Waals surface area contributed by atoms with Crippen LogP contribution in [0.5, 0.6) is 0 Å². The second-order valence-electron chi connectivity index (χ2n) is 4.75. The normalized spacial score (nSPS) is 18.5. The lowest BCUT2D eigenvalue weighted by molar-refractivity contribution is -0.132. The van der Waals surface area contributed by atoms with Gasteiger partial charge in [0.05, 0.1) is 5.41 Å². The van der Waals surface area contributed by atoms with E-state index in [2.05, 4.69) is 10.6 Å². The van der Waals surface area contributed by atoms with E-state index in [0.29, 0.717) is 0 Å². The van der Waals surface area contributed by atoms with Crippen LogP contribution in [-0.4, -0.2) is 31.3 Å². The van der Waals surface area contributed by atoms with Crippen molar-refractivity contribution in [3.63, 3.8) is 0 Å². The molecule has 0 spiro atoms. The second kappa shape index (κ2) is 5.26. The van der Waals surface area contributed by atoms with Gasteiger partial charge >= 0.3 is 0 Å². The van der Waals surface area contributed by atoms with Gasteiger partial charge in [-0.3, -0.25) is 4.79 Å². The van der Waals surface area contributed by atoms with E-state index in [9.17, 15) is 9.59 Å². The van der Waals surface area contributed by atoms with E-state index >= 15 is 0 Å². The predicted molar refractivity (Wildman–Crippen MR) is 58.5 cm³/mol. The van der Waals surface area contributed by atoms with E-state index in [1.807, 2.05) is 0 Å². The molecule has 0 aliphatic carbocycles. The predicted octanol–water partition coefficient (Wildman–Crippen LogP) is 0.470. The molecule has 2 N–H and O–H groups in total. The molecule has 0 unspecified atom stereocenters. The van der Waals surface area contributed by atoms with E-state index in [1.54, 1.807) is 13.8 Å². The first-order valence-electron chi connectivity index (χ1n) is 5.51. The molecule has 0 saturated carbocycles. The standard InChI is InChI=1S/C11H20N2O2/c1-11(2,5-8-14)10(15)13-9-3-6-12-7-4-9/h8-9,12H,3-7H2,1-2H3,(H,13,15). The van der Waals surface area contributed by atoms with Crippen LogP contribution in [-0.2, 0) is 9.59 Å². The minimum Gasteiger partial charge on any atom is -0.353 e. The quantitative estimate of drug-likeness (QED) is 0.666. The molecule has 1 amide bonds. The fraction of sp³-hybridized carbons (Fsp3) is 0.818. The first-order valence-corrected chi connectivity index (χ1v) is 5.51. The van der Waals surface area contributed by atoms with Crippen LogP contribution >= 0.6 is 0 Å². The zero-order valence-electron chi connectivity index (χ0n) is 9.51. The summed E-state index contributed by atoms with van der Waals surface area (Å²) < 4.78 is 0. The lowest BCUT2D eigenvalue weighted by Gasteiger charge is -2.28. The number of amides is 1. The Kier molecular flexibility index (Phi) is 4.27. The van der Waals surface area contributed by atoms with Crippen molar-refractivity contribution in [3.05, 3.63) is 0 Å². The number of hydrogen-bond donors (Lipinski definition) is 2. The van der Waals surface area contributed by atoms with Crippen LogP contribution in [0.25, 0.3) is 0 Å². The first-order chi connectivity index (χ1) is 7.06. The molecule has 1 aliphatic rings. The van der Waals surface area contributed by atoms with Gasteiger partial charge in [-0.05, 0) is 25.9 Å². The van der Waals surface area contributed by atoms with E-state index in [-0.39, 0.29) is 18.4 Å². The SMILES string of the molecule is CC(C)(CC=O)C(=O)NC1CCNCC1. The number of nitrogens with one attached hydrogen (secondary N) is 2. The van der Waals surface area contributed by atoms with Crippen LogP contribution in [0.4, 0.5) is 0 Å². The van der Waals surface area contributed by atoms with Crippen molar-refractivity contribution in [1.29, 1.82) is 0 Å². The molecule has 0 radical (unpaired) electrons. The fourth-order valence-corrected chi connectivity index (χ4v) is 1.65. The van der Waals surface area contributed by atoms with Crippen molar-refractivity contribution in [2.24, 2.45) is 5.41 Å². The summed E-state index contributed by atoms with van der Waals surface area (Å²) >= 11 is 0. The second-order valence-corrected chi connectivity index (χ2v) is 4.75. The molecule has 0 bridgehead atoms. The van der Waals surface area contributed by atoms with E-state index in [1.165, 1.54) is 0 Å². The Morgan fingerprint density at radius 2 is 2.07 bits per heavy atom. The van der Waals surface area contributed by atoms with Gasteiger partial charge in [0.15, 0.2) is 0 Å². The number of hydrogen-bond acceptors (Lipinski definition) is 3. The molecule has 1 fully saturated rings. The zero-order chi connectivity index (χ0) is 11.3. The summed E-state index contributed by atoms with van der Waals surface area (Å²) in [5.74, 6) is -0.0125. The lowest BCUT2D eigenvalue weighted by atomic mass is 9.88. The molecule has 1 aliphatic heterocycles. The maximum atomic E-state index is 11.8. The van der Waals surface area contributed by atoms with Gasteiger partial charge in [0.2, 0.25) is 5.91 Å². The number of aldehydes is 1. The van der Waals surface area contributed by atoms with Crippen molar-refractivity contribution in [1.82, 2.24) is 10.6 Å². The fourth-order valence-electron chi connectivity index (χ4n) is 1.65. The van der Waals surface area contributed by atoms with Crippen molar-refractivity contribution >= 4 is 12.2 Å². The third-order valence-corrected chi connectivity index (χ3v) is 2.88. The molecule has 86 valence electrons. The molecule has 1 heterocycles. The molecule has 4 heteroatoms.